The summed E-state index contributed by atoms with van der Waals surface area (Å²) in [5.74, 6) is 1.55. The highest BCUT2D eigenvalue weighted by Crippen LogP contribution is 2.24. The Morgan fingerprint density at radius 2 is 2.11 bits per heavy atom. The van der Waals surface area contributed by atoms with Crippen molar-refractivity contribution in [3.63, 3.8) is 0 Å². The maximum Gasteiger partial charge on any atom is 0.291 e. The Balaban J connectivity index is 1.66. The molecule has 0 radical (unpaired) electrons. The van der Waals surface area contributed by atoms with E-state index < -0.39 is 0 Å². The Labute approximate surface area is 166 Å². The number of aryl methyl sites for hydroxylation is 1. The highest BCUT2D eigenvalue weighted by molar-refractivity contribution is 5.90. The summed E-state index contributed by atoms with van der Waals surface area (Å²) in [7, 11) is 5.04. The summed E-state index contributed by atoms with van der Waals surface area (Å²) in [6, 6.07) is 4.24. The largest absolute Gasteiger partial charge is 0.481 e. The molecule has 150 valence electrons. The zero-order valence-corrected chi connectivity index (χ0v) is 17.2. The van der Waals surface area contributed by atoms with Crippen molar-refractivity contribution in [3.8, 4) is 5.88 Å². The molecule has 0 spiro atoms. The van der Waals surface area contributed by atoms with E-state index in [9.17, 15) is 4.79 Å². The number of carbonyl (C=O) groups excluding carboxylic acids is 1. The number of methoxy groups -OCH3 is 1. The number of aromatic nitrogens is 3. The first-order valence-electron chi connectivity index (χ1n) is 9.43. The lowest BCUT2D eigenvalue weighted by Gasteiger charge is -2.22. The fraction of sp³-hybridized carbons (Fsp3) is 0.500. The van der Waals surface area contributed by atoms with E-state index in [-0.39, 0.29) is 11.7 Å². The van der Waals surface area contributed by atoms with E-state index in [0.29, 0.717) is 11.9 Å². The van der Waals surface area contributed by atoms with E-state index >= 15 is 0 Å². The molecule has 1 atom stereocenters. The van der Waals surface area contributed by atoms with E-state index in [2.05, 4.69) is 25.2 Å². The number of rotatable bonds is 6. The van der Waals surface area contributed by atoms with Crippen molar-refractivity contribution in [1.29, 1.82) is 0 Å². The maximum atomic E-state index is 12.3. The molecule has 1 aliphatic heterocycles. The number of anilines is 1. The molecule has 0 saturated carbocycles. The molecule has 3 heterocycles. The number of carbonyl (C=O) groups is 1. The van der Waals surface area contributed by atoms with Crippen LogP contribution < -0.4 is 15.0 Å². The molecule has 2 aromatic heterocycles. The summed E-state index contributed by atoms with van der Waals surface area (Å²) in [5.41, 5.74) is 2.98. The zero-order valence-electron chi connectivity index (χ0n) is 17.2. The van der Waals surface area contributed by atoms with E-state index in [4.69, 9.17) is 4.74 Å². The average Bonchev–Trinajstić information content (AvgIpc) is 3.16. The predicted molar refractivity (Wildman–Crippen MR) is 108 cm³/mol. The number of hydrogen-bond donors (Lipinski definition) is 1. The molecule has 0 bridgehead atoms. The minimum atomic E-state index is -0.176. The molecule has 1 aliphatic rings. The minimum absolute atomic E-state index is 0.176. The van der Waals surface area contributed by atoms with E-state index in [1.807, 2.05) is 32.2 Å². The zero-order chi connectivity index (χ0) is 20.3. The third-order valence-corrected chi connectivity index (χ3v) is 5.05. The molecule has 0 aliphatic carbocycles. The summed E-state index contributed by atoms with van der Waals surface area (Å²) in [6.45, 7) is 6.43. The molecule has 1 N–H and O–H groups in total. The lowest BCUT2D eigenvalue weighted by Crippen LogP contribution is -2.33. The summed E-state index contributed by atoms with van der Waals surface area (Å²) in [5, 5.41) is 3.58. The highest BCUT2D eigenvalue weighted by atomic mass is 16.5. The lowest BCUT2D eigenvalue weighted by atomic mass is 10.2. The van der Waals surface area contributed by atoms with Gasteiger partial charge in [0.1, 0.15) is 5.82 Å². The third-order valence-electron chi connectivity index (χ3n) is 5.05. The Morgan fingerprint density at radius 1 is 1.32 bits per heavy atom. The number of amides is 1. The number of nitrogens with zero attached hydrogens (tertiary/aromatic N) is 5. The lowest BCUT2D eigenvalue weighted by molar-refractivity contribution is 0.0815. The van der Waals surface area contributed by atoms with Crippen molar-refractivity contribution in [3.05, 3.63) is 41.0 Å². The van der Waals surface area contributed by atoms with Crippen LogP contribution in [0.3, 0.4) is 0 Å². The van der Waals surface area contributed by atoms with Gasteiger partial charge >= 0.3 is 0 Å². The summed E-state index contributed by atoms with van der Waals surface area (Å²) >= 11 is 0. The van der Waals surface area contributed by atoms with Gasteiger partial charge in [0.25, 0.3) is 5.91 Å². The van der Waals surface area contributed by atoms with Gasteiger partial charge in [-0.1, -0.05) is 6.07 Å². The van der Waals surface area contributed by atoms with Crippen molar-refractivity contribution in [2.45, 2.75) is 32.9 Å². The van der Waals surface area contributed by atoms with Gasteiger partial charge in [-0.05, 0) is 25.8 Å². The standard InChI is InChI=1S/C20H28N6O2/c1-13-14(2)23-18(20(27)25(3)4)24-19(13)26-9-8-16(12-26)21-10-15-6-7-17(28-5)22-11-15/h6-7,11,16,21H,8-10,12H2,1-5H3/t16-/m1/s1. The van der Waals surface area contributed by atoms with Gasteiger partial charge in [-0.2, -0.15) is 0 Å². The SMILES string of the molecule is COc1ccc(CN[C@@H]2CCN(c3nc(C(=O)N(C)C)nc(C)c3C)C2)cn1. The molecule has 1 saturated heterocycles. The Kier molecular flexibility index (Phi) is 6.08. The molecule has 3 rings (SSSR count). The molecule has 2 aromatic rings. The summed E-state index contributed by atoms with van der Waals surface area (Å²) in [4.78, 5) is 29.2. The van der Waals surface area contributed by atoms with Gasteiger partial charge in [0.15, 0.2) is 0 Å². The van der Waals surface area contributed by atoms with Crippen LogP contribution in [0.5, 0.6) is 5.88 Å². The molecule has 0 unspecified atom stereocenters. The Morgan fingerprint density at radius 3 is 2.75 bits per heavy atom. The topological polar surface area (TPSA) is 83.5 Å². The van der Waals surface area contributed by atoms with Crippen LogP contribution in [0, 0.1) is 13.8 Å². The molecule has 28 heavy (non-hydrogen) atoms. The molecule has 1 amide bonds. The minimum Gasteiger partial charge on any atom is -0.481 e. The van der Waals surface area contributed by atoms with Crippen molar-refractivity contribution < 1.29 is 9.53 Å². The summed E-state index contributed by atoms with van der Waals surface area (Å²) < 4.78 is 5.09. The predicted octanol–water partition coefficient (Wildman–Crippen LogP) is 1.57. The van der Waals surface area contributed by atoms with Crippen LogP contribution in [0.15, 0.2) is 18.3 Å². The Bertz CT molecular complexity index is 837. The third kappa shape index (κ3) is 4.39. The van der Waals surface area contributed by atoms with Crippen molar-refractivity contribution in [2.75, 3.05) is 39.2 Å². The van der Waals surface area contributed by atoms with E-state index in [0.717, 1.165) is 48.7 Å². The van der Waals surface area contributed by atoms with Gasteiger partial charge in [-0.25, -0.2) is 15.0 Å². The van der Waals surface area contributed by atoms with E-state index in [1.165, 1.54) is 4.90 Å². The number of hydrogen-bond acceptors (Lipinski definition) is 7. The maximum absolute atomic E-state index is 12.3. The number of pyridine rings is 1. The van der Waals surface area contributed by atoms with Crippen LogP contribution in [0.2, 0.25) is 0 Å². The molecule has 8 nitrogen and oxygen atoms in total. The van der Waals surface area contributed by atoms with Crippen LogP contribution in [-0.2, 0) is 6.54 Å². The van der Waals surface area contributed by atoms with Crippen molar-refractivity contribution in [1.82, 2.24) is 25.2 Å². The van der Waals surface area contributed by atoms with Gasteiger partial charge < -0.3 is 19.9 Å². The van der Waals surface area contributed by atoms with Gasteiger partial charge in [0.05, 0.1) is 7.11 Å². The molecular weight excluding hydrogens is 356 g/mol. The first-order valence-corrected chi connectivity index (χ1v) is 9.43. The monoisotopic (exact) mass is 384 g/mol. The first kappa shape index (κ1) is 20.0. The smallest absolute Gasteiger partial charge is 0.291 e. The van der Waals surface area contributed by atoms with Crippen LogP contribution in [0.25, 0.3) is 0 Å². The van der Waals surface area contributed by atoms with Crippen LogP contribution in [0.4, 0.5) is 5.82 Å². The normalized spacial score (nSPS) is 16.3. The summed E-state index contributed by atoms with van der Waals surface area (Å²) in [6.07, 6.45) is 2.85. The Hall–Kier alpha value is -2.74. The quantitative estimate of drug-likeness (QED) is 0.809. The van der Waals surface area contributed by atoms with Crippen LogP contribution >= 0.6 is 0 Å². The van der Waals surface area contributed by atoms with Crippen molar-refractivity contribution >= 4 is 11.7 Å². The van der Waals surface area contributed by atoms with E-state index in [1.54, 1.807) is 21.2 Å². The molecule has 1 fully saturated rings. The highest BCUT2D eigenvalue weighted by Gasteiger charge is 2.26. The second-order valence-corrected chi connectivity index (χ2v) is 7.30. The first-order chi connectivity index (χ1) is 13.4. The second-order valence-electron chi connectivity index (χ2n) is 7.30. The van der Waals surface area contributed by atoms with Gasteiger partial charge in [-0.3, -0.25) is 4.79 Å². The fourth-order valence-electron chi connectivity index (χ4n) is 3.23. The average molecular weight is 384 g/mol. The number of ether oxygens (including phenoxy) is 1. The second kappa shape index (κ2) is 8.52. The molecular formula is C20H28N6O2. The van der Waals surface area contributed by atoms with Gasteiger partial charge in [0, 0.05) is 63.3 Å². The van der Waals surface area contributed by atoms with Crippen LogP contribution in [0.1, 0.15) is 33.9 Å². The van der Waals surface area contributed by atoms with Gasteiger partial charge in [0.2, 0.25) is 11.7 Å². The molecule has 8 heteroatoms. The van der Waals surface area contributed by atoms with Crippen molar-refractivity contribution in [2.24, 2.45) is 0 Å². The number of nitrogens with one attached hydrogen (secondary N) is 1. The van der Waals surface area contributed by atoms with Gasteiger partial charge in [-0.15, -0.1) is 0 Å². The molecule has 0 aromatic carbocycles. The fourth-order valence-corrected chi connectivity index (χ4v) is 3.23. The van der Waals surface area contributed by atoms with Crippen LogP contribution in [-0.4, -0.2) is 66.1 Å².